The molecular weight excluding hydrogens is 198 g/mol. The minimum absolute atomic E-state index is 0. The zero-order chi connectivity index (χ0) is 9.26. The molecule has 0 fully saturated rings. The van der Waals surface area contributed by atoms with Gasteiger partial charge in [-0.3, -0.25) is 0 Å². The van der Waals surface area contributed by atoms with E-state index >= 15 is 0 Å². The van der Waals surface area contributed by atoms with Crippen molar-refractivity contribution in [2.45, 2.75) is 19.1 Å². The van der Waals surface area contributed by atoms with Crippen molar-refractivity contribution in [2.24, 2.45) is 0 Å². The van der Waals surface area contributed by atoms with Crippen molar-refractivity contribution in [1.82, 2.24) is 5.32 Å². The fourth-order valence-electron chi connectivity index (χ4n) is 1.86. The number of hydrogen-bond donors (Lipinski definition) is 1. The standard InChI is InChI=1S/C11H15NO.ClH/c1-8-9-5-3-4-6-10(9)11(12-2)7-13-8;/h3-6,8,11-12H,7H2,1-2H3;1H/t8-,11-;/m0./s1. The summed E-state index contributed by atoms with van der Waals surface area (Å²) >= 11 is 0. The molecule has 0 bridgehead atoms. The second-order valence-corrected chi connectivity index (χ2v) is 3.45. The molecule has 0 saturated carbocycles. The monoisotopic (exact) mass is 213 g/mol. The third-order valence-corrected chi connectivity index (χ3v) is 2.67. The molecule has 2 rings (SSSR count). The SMILES string of the molecule is CN[C@H]1CO[C@@H](C)c2ccccc21.Cl. The Labute approximate surface area is 91.1 Å². The molecule has 0 saturated heterocycles. The first-order chi connectivity index (χ1) is 6.33. The number of rotatable bonds is 1. The summed E-state index contributed by atoms with van der Waals surface area (Å²) in [7, 11) is 1.97. The largest absolute Gasteiger partial charge is 0.372 e. The molecule has 1 aliphatic rings. The lowest BCUT2D eigenvalue weighted by Crippen LogP contribution is -2.28. The van der Waals surface area contributed by atoms with Gasteiger partial charge in [0.05, 0.1) is 18.8 Å². The molecule has 1 aromatic carbocycles. The molecule has 0 unspecified atom stereocenters. The van der Waals surface area contributed by atoms with E-state index < -0.39 is 0 Å². The maximum atomic E-state index is 5.65. The average Bonchev–Trinajstić information content (AvgIpc) is 2.19. The van der Waals surface area contributed by atoms with Crippen molar-refractivity contribution in [2.75, 3.05) is 13.7 Å². The molecule has 14 heavy (non-hydrogen) atoms. The van der Waals surface area contributed by atoms with E-state index in [0.29, 0.717) is 6.04 Å². The third-order valence-electron chi connectivity index (χ3n) is 2.67. The molecule has 2 atom stereocenters. The first-order valence-electron chi connectivity index (χ1n) is 4.70. The molecule has 1 aliphatic heterocycles. The van der Waals surface area contributed by atoms with Crippen LogP contribution in [-0.4, -0.2) is 13.7 Å². The summed E-state index contributed by atoms with van der Waals surface area (Å²) in [5.41, 5.74) is 2.69. The zero-order valence-corrected chi connectivity index (χ0v) is 9.30. The maximum Gasteiger partial charge on any atom is 0.0801 e. The van der Waals surface area contributed by atoms with E-state index in [-0.39, 0.29) is 18.5 Å². The van der Waals surface area contributed by atoms with E-state index in [0.717, 1.165) is 6.61 Å². The van der Waals surface area contributed by atoms with Crippen molar-refractivity contribution in [1.29, 1.82) is 0 Å². The Morgan fingerprint density at radius 2 is 1.93 bits per heavy atom. The summed E-state index contributed by atoms with van der Waals surface area (Å²) in [6.45, 7) is 2.87. The van der Waals surface area contributed by atoms with Crippen LogP contribution in [0, 0.1) is 0 Å². The Hall–Kier alpha value is -0.570. The molecule has 1 N–H and O–H groups in total. The quantitative estimate of drug-likeness (QED) is 0.774. The fraction of sp³-hybridized carbons (Fsp3) is 0.455. The summed E-state index contributed by atoms with van der Waals surface area (Å²) in [6.07, 6.45) is 0.237. The van der Waals surface area contributed by atoms with Crippen LogP contribution in [0.25, 0.3) is 0 Å². The summed E-state index contributed by atoms with van der Waals surface area (Å²) in [6, 6.07) is 8.82. The van der Waals surface area contributed by atoms with Gasteiger partial charge in [0.1, 0.15) is 0 Å². The molecule has 0 spiro atoms. The van der Waals surface area contributed by atoms with Gasteiger partial charge in [-0.1, -0.05) is 24.3 Å². The third kappa shape index (κ3) is 1.92. The van der Waals surface area contributed by atoms with Crippen molar-refractivity contribution in [3.63, 3.8) is 0 Å². The van der Waals surface area contributed by atoms with Gasteiger partial charge in [-0.15, -0.1) is 12.4 Å². The Balaban J connectivity index is 0.000000980. The van der Waals surface area contributed by atoms with Crippen LogP contribution in [0.3, 0.4) is 0 Å². The Morgan fingerprint density at radius 3 is 2.57 bits per heavy atom. The predicted octanol–water partition coefficient (Wildman–Crippen LogP) is 2.46. The Kier molecular flexibility index (Phi) is 3.93. The van der Waals surface area contributed by atoms with Crippen LogP contribution < -0.4 is 5.32 Å². The maximum absolute atomic E-state index is 5.65. The van der Waals surface area contributed by atoms with Crippen LogP contribution in [0.15, 0.2) is 24.3 Å². The van der Waals surface area contributed by atoms with Gasteiger partial charge in [-0.2, -0.15) is 0 Å². The molecule has 1 heterocycles. The first kappa shape index (κ1) is 11.5. The second-order valence-electron chi connectivity index (χ2n) is 3.45. The van der Waals surface area contributed by atoms with Gasteiger partial charge < -0.3 is 10.1 Å². The summed E-state index contributed by atoms with van der Waals surface area (Å²) in [5.74, 6) is 0. The highest BCUT2D eigenvalue weighted by Gasteiger charge is 2.23. The van der Waals surface area contributed by atoms with Crippen LogP contribution in [0.2, 0.25) is 0 Å². The number of halogens is 1. The average molecular weight is 214 g/mol. The molecule has 2 nitrogen and oxygen atoms in total. The van der Waals surface area contributed by atoms with E-state index in [2.05, 4.69) is 36.5 Å². The molecular formula is C11H16ClNO. The number of benzene rings is 1. The smallest absolute Gasteiger partial charge is 0.0801 e. The highest BCUT2D eigenvalue weighted by atomic mass is 35.5. The van der Waals surface area contributed by atoms with Gasteiger partial charge in [-0.25, -0.2) is 0 Å². The van der Waals surface area contributed by atoms with Crippen LogP contribution in [0.5, 0.6) is 0 Å². The van der Waals surface area contributed by atoms with Crippen molar-refractivity contribution in [3.05, 3.63) is 35.4 Å². The van der Waals surface area contributed by atoms with Crippen LogP contribution in [0.1, 0.15) is 30.2 Å². The van der Waals surface area contributed by atoms with Crippen LogP contribution >= 0.6 is 12.4 Å². The van der Waals surface area contributed by atoms with E-state index in [1.54, 1.807) is 0 Å². The molecule has 78 valence electrons. The van der Waals surface area contributed by atoms with Gasteiger partial charge >= 0.3 is 0 Å². The number of hydrogen-bond acceptors (Lipinski definition) is 2. The topological polar surface area (TPSA) is 21.3 Å². The number of nitrogens with one attached hydrogen (secondary N) is 1. The molecule has 0 aliphatic carbocycles. The van der Waals surface area contributed by atoms with Crippen molar-refractivity contribution >= 4 is 12.4 Å². The molecule has 0 amide bonds. The van der Waals surface area contributed by atoms with Gasteiger partial charge in [0.15, 0.2) is 0 Å². The minimum Gasteiger partial charge on any atom is -0.372 e. The van der Waals surface area contributed by atoms with E-state index in [4.69, 9.17) is 4.74 Å². The van der Waals surface area contributed by atoms with Crippen LogP contribution in [-0.2, 0) is 4.74 Å². The van der Waals surface area contributed by atoms with Gasteiger partial charge in [-0.05, 0) is 25.1 Å². The number of ether oxygens (including phenoxy) is 1. The molecule has 1 aromatic rings. The molecule has 3 heteroatoms. The van der Waals surface area contributed by atoms with Crippen LogP contribution in [0.4, 0.5) is 0 Å². The van der Waals surface area contributed by atoms with E-state index in [1.165, 1.54) is 11.1 Å². The summed E-state index contributed by atoms with van der Waals surface area (Å²) in [4.78, 5) is 0. The number of likely N-dealkylation sites (N-methyl/N-ethyl adjacent to an activating group) is 1. The van der Waals surface area contributed by atoms with E-state index in [1.807, 2.05) is 7.05 Å². The number of fused-ring (bicyclic) bond motifs is 1. The molecule has 0 aromatic heterocycles. The zero-order valence-electron chi connectivity index (χ0n) is 8.49. The Morgan fingerprint density at radius 1 is 1.29 bits per heavy atom. The molecule has 0 radical (unpaired) electrons. The first-order valence-corrected chi connectivity index (χ1v) is 4.70. The Bertz CT molecular complexity index is 303. The highest BCUT2D eigenvalue weighted by Crippen LogP contribution is 2.31. The van der Waals surface area contributed by atoms with Gasteiger partial charge in [0.25, 0.3) is 0 Å². The van der Waals surface area contributed by atoms with E-state index in [9.17, 15) is 0 Å². The van der Waals surface area contributed by atoms with Gasteiger partial charge in [0, 0.05) is 0 Å². The van der Waals surface area contributed by atoms with Crippen molar-refractivity contribution in [3.8, 4) is 0 Å². The highest BCUT2D eigenvalue weighted by molar-refractivity contribution is 5.85. The van der Waals surface area contributed by atoms with Crippen molar-refractivity contribution < 1.29 is 4.74 Å². The lowest BCUT2D eigenvalue weighted by atomic mass is 9.95. The lowest BCUT2D eigenvalue weighted by Gasteiger charge is -2.29. The summed E-state index contributed by atoms with van der Waals surface area (Å²) < 4.78 is 5.65. The second kappa shape index (κ2) is 4.78. The normalized spacial score (nSPS) is 25.0. The predicted molar refractivity (Wildman–Crippen MR) is 59.9 cm³/mol. The minimum atomic E-state index is 0. The fourth-order valence-corrected chi connectivity index (χ4v) is 1.86. The van der Waals surface area contributed by atoms with Gasteiger partial charge in [0.2, 0.25) is 0 Å². The summed E-state index contributed by atoms with van der Waals surface area (Å²) in [5, 5.41) is 3.26. The lowest BCUT2D eigenvalue weighted by molar-refractivity contribution is 0.0346.